The van der Waals surface area contributed by atoms with E-state index in [2.05, 4.69) is 10.1 Å². The van der Waals surface area contributed by atoms with Gasteiger partial charge in [-0.2, -0.15) is 0 Å². The van der Waals surface area contributed by atoms with E-state index in [1.54, 1.807) is 0 Å². The fourth-order valence-electron chi connectivity index (χ4n) is 1.06. The van der Waals surface area contributed by atoms with E-state index in [1.807, 2.05) is 13.8 Å². The summed E-state index contributed by atoms with van der Waals surface area (Å²) >= 11 is 10.7. The van der Waals surface area contributed by atoms with E-state index in [0.29, 0.717) is 6.42 Å². The maximum absolute atomic E-state index is 11.3. The zero-order valence-electron chi connectivity index (χ0n) is 8.92. The first kappa shape index (κ1) is 14.5. The minimum absolute atomic E-state index is 0.249. The lowest BCUT2D eigenvalue weighted by atomic mass is 10.0. The van der Waals surface area contributed by atoms with Crippen LogP contribution in [0.5, 0.6) is 0 Å². The van der Waals surface area contributed by atoms with Gasteiger partial charge in [0.1, 0.15) is 6.04 Å². The van der Waals surface area contributed by atoms with E-state index in [0.717, 1.165) is 0 Å². The molecular weight excluding hydrogens is 241 g/mol. The highest BCUT2D eigenvalue weighted by Crippen LogP contribution is 2.08. The number of ether oxygens (including phenoxy) is 1. The second-order valence-corrected chi connectivity index (χ2v) is 4.61. The molecule has 0 saturated heterocycles. The minimum atomic E-state index is -1.18. The molecule has 1 atom stereocenters. The number of hydrogen-bond acceptors (Lipinski definition) is 3. The molecule has 0 rings (SSSR count). The summed E-state index contributed by atoms with van der Waals surface area (Å²) in [5.41, 5.74) is 0. The Morgan fingerprint density at radius 3 is 2.20 bits per heavy atom. The molecule has 0 aromatic carbocycles. The van der Waals surface area contributed by atoms with Gasteiger partial charge in [0.25, 0.3) is 5.91 Å². The first-order valence-corrected chi connectivity index (χ1v) is 5.42. The zero-order valence-corrected chi connectivity index (χ0v) is 10.4. The average molecular weight is 256 g/mol. The summed E-state index contributed by atoms with van der Waals surface area (Å²) in [7, 11) is 1.26. The van der Waals surface area contributed by atoms with Gasteiger partial charge in [-0.25, -0.2) is 4.79 Å². The third-order valence-corrected chi connectivity index (χ3v) is 2.10. The summed E-state index contributed by atoms with van der Waals surface area (Å²) in [5, 5.41) is 2.42. The topological polar surface area (TPSA) is 55.4 Å². The van der Waals surface area contributed by atoms with Gasteiger partial charge in [-0.3, -0.25) is 4.79 Å². The van der Waals surface area contributed by atoms with Crippen LogP contribution in [-0.2, 0) is 14.3 Å². The molecule has 0 saturated carbocycles. The molecule has 88 valence electrons. The van der Waals surface area contributed by atoms with Crippen LogP contribution in [0.4, 0.5) is 0 Å². The lowest BCUT2D eigenvalue weighted by molar-refractivity contribution is -0.145. The van der Waals surface area contributed by atoms with Crippen LogP contribution in [0, 0.1) is 5.92 Å². The SMILES string of the molecule is COC(=O)[C@H](CC(C)C)NC(=O)C(Cl)Cl. The summed E-state index contributed by atoms with van der Waals surface area (Å²) in [4.78, 5) is 21.3. The van der Waals surface area contributed by atoms with Gasteiger partial charge < -0.3 is 10.1 Å². The first-order chi connectivity index (χ1) is 6.88. The van der Waals surface area contributed by atoms with Crippen LogP contribution in [-0.4, -0.2) is 29.9 Å². The first-order valence-electron chi connectivity index (χ1n) is 4.54. The van der Waals surface area contributed by atoms with E-state index in [9.17, 15) is 9.59 Å². The number of alkyl halides is 2. The molecule has 6 heteroatoms. The van der Waals surface area contributed by atoms with Gasteiger partial charge in [-0.05, 0) is 12.3 Å². The molecule has 0 aromatic heterocycles. The van der Waals surface area contributed by atoms with Gasteiger partial charge in [0.05, 0.1) is 7.11 Å². The number of carbonyl (C=O) groups is 2. The summed E-state index contributed by atoms with van der Waals surface area (Å²) in [6.45, 7) is 3.86. The smallest absolute Gasteiger partial charge is 0.328 e. The lowest BCUT2D eigenvalue weighted by Gasteiger charge is -2.18. The third-order valence-electron chi connectivity index (χ3n) is 1.71. The van der Waals surface area contributed by atoms with E-state index >= 15 is 0 Å². The van der Waals surface area contributed by atoms with Crippen LogP contribution in [0.25, 0.3) is 0 Å². The Balaban J connectivity index is 4.37. The number of carbonyl (C=O) groups excluding carboxylic acids is 2. The van der Waals surface area contributed by atoms with Crippen molar-refractivity contribution in [3.05, 3.63) is 0 Å². The second kappa shape index (κ2) is 6.90. The number of esters is 1. The molecule has 0 fully saturated rings. The summed E-state index contributed by atoms with van der Waals surface area (Å²) in [5.74, 6) is -0.834. The van der Waals surface area contributed by atoms with Gasteiger partial charge in [0.15, 0.2) is 4.84 Å². The maximum Gasteiger partial charge on any atom is 0.328 e. The van der Waals surface area contributed by atoms with Crippen LogP contribution in [0.1, 0.15) is 20.3 Å². The molecule has 0 radical (unpaired) electrons. The standard InChI is InChI=1S/C9H15Cl2NO3/c1-5(2)4-6(9(14)15-3)12-8(13)7(10)11/h5-7H,4H2,1-3H3,(H,12,13)/t6-/m0/s1. The van der Waals surface area contributed by atoms with Gasteiger partial charge in [0, 0.05) is 0 Å². The van der Waals surface area contributed by atoms with Crippen LogP contribution in [0.3, 0.4) is 0 Å². The van der Waals surface area contributed by atoms with Crippen LogP contribution >= 0.6 is 23.2 Å². The Kier molecular flexibility index (Phi) is 6.68. The Hall–Kier alpha value is -0.480. The fourth-order valence-corrected chi connectivity index (χ4v) is 1.19. The fraction of sp³-hybridized carbons (Fsp3) is 0.778. The predicted molar refractivity (Wildman–Crippen MR) is 58.9 cm³/mol. The highest BCUT2D eigenvalue weighted by molar-refractivity contribution is 6.53. The third kappa shape index (κ3) is 5.85. The summed E-state index contributed by atoms with van der Waals surface area (Å²) < 4.78 is 4.55. The normalized spacial score (nSPS) is 12.7. The average Bonchev–Trinajstić information content (AvgIpc) is 2.14. The molecular formula is C9H15Cl2NO3. The molecule has 1 N–H and O–H groups in total. The number of halogens is 2. The highest BCUT2D eigenvalue weighted by atomic mass is 35.5. The van der Waals surface area contributed by atoms with Gasteiger partial charge in [-0.1, -0.05) is 37.0 Å². The molecule has 4 nitrogen and oxygen atoms in total. The maximum atomic E-state index is 11.3. The van der Waals surface area contributed by atoms with Gasteiger partial charge in [-0.15, -0.1) is 0 Å². The monoisotopic (exact) mass is 255 g/mol. The Morgan fingerprint density at radius 1 is 1.33 bits per heavy atom. The molecule has 0 bridgehead atoms. The molecule has 0 spiro atoms. The van der Waals surface area contributed by atoms with Crippen LogP contribution in [0.15, 0.2) is 0 Å². The molecule has 0 heterocycles. The lowest BCUT2D eigenvalue weighted by Crippen LogP contribution is -2.44. The Morgan fingerprint density at radius 2 is 1.87 bits per heavy atom. The number of rotatable bonds is 5. The van der Waals surface area contributed by atoms with Crippen molar-refractivity contribution in [2.45, 2.75) is 31.1 Å². The van der Waals surface area contributed by atoms with E-state index in [4.69, 9.17) is 23.2 Å². The van der Waals surface area contributed by atoms with Crippen molar-refractivity contribution in [2.75, 3.05) is 7.11 Å². The van der Waals surface area contributed by atoms with Crippen molar-refractivity contribution in [3.8, 4) is 0 Å². The van der Waals surface area contributed by atoms with Crippen molar-refractivity contribution in [1.29, 1.82) is 0 Å². The largest absolute Gasteiger partial charge is 0.467 e. The molecule has 15 heavy (non-hydrogen) atoms. The molecule has 0 aliphatic rings. The number of methoxy groups -OCH3 is 1. The van der Waals surface area contributed by atoms with Crippen molar-refractivity contribution in [2.24, 2.45) is 5.92 Å². The zero-order chi connectivity index (χ0) is 12.0. The number of nitrogens with one attached hydrogen (secondary N) is 1. The quantitative estimate of drug-likeness (QED) is 0.599. The molecule has 0 unspecified atom stereocenters. The number of hydrogen-bond donors (Lipinski definition) is 1. The highest BCUT2D eigenvalue weighted by Gasteiger charge is 2.24. The van der Waals surface area contributed by atoms with Crippen molar-refractivity contribution in [3.63, 3.8) is 0 Å². The van der Waals surface area contributed by atoms with Crippen LogP contribution in [0.2, 0.25) is 0 Å². The van der Waals surface area contributed by atoms with Gasteiger partial charge in [0.2, 0.25) is 0 Å². The number of amides is 1. The summed E-state index contributed by atoms with van der Waals surface area (Å²) in [6.07, 6.45) is 0.485. The van der Waals surface area contributed by atoms with Crippen molar-refractivity contribution in [1.82, 2.24) is 5.32 Å². The molecule has 1 amide bonds. The van der Waals surface area contributed by atoms with Crippen LogP contribution < -0.4 is 5.32 Å². The molecule has 0 aliphatic heterocycles. The summed E-state index contributed by atoms with van der Waals surface area (Å²) in [6, 6.07) is -0.692. The predicted octanol–water partition coefficient (Wildman–Crippen LogP) is 1.49. The Bertz CT molecular complexity index is 231. The van der Waals surface area contributed by atoms with E-state index in [-0.39, 0.29) is 5.92 Å². The minimum Gasteiger partial charge on any atom is -0.467 e. The van der Waals surface area contributed by atoms with Crippen molar-refractivity contribution >= 4 is 35.1 Å². The van der Waals surface area contributed by atoms with E-state index < -0.39 is 22.8 Å². The molecule has 0 aromatic rings. The van der Waals surface area contributed by atoms with E-state index in [1.165, 1.54) is 7.11 Å². The molecule has 0 aliphatic carbocycles. The van der Waals surface area contributed by atoms with Crippen molar-refractivity contribution < 1.29 is 14.3 Å². The second-order valence-electron chi connectivity index (χ2n) is 3.51. The Labute approximate surface area is 99.3 Å². The van der Waals surface area contributed by atoms with Gasteiger partial charge >= 0.3 is 5.97 Å².